The third kappa shape index (κ3) is 52.6. The lowest BCUT2D eigenvalue weighted by Crippen LogP contribution is -2.36. The van der Waals surface area contributed by atoms with Crippen LogP contribution in [0.25, 0.3) is 0 Å². The van der Waals surface area contributed by atoms with Gasteiger partial charge in [-0.3, -0.25) is 88.2 Å². The van der Waals surface area contributed by atoms with E-state index in [1.54, 1.807) is 222 Å². The third-order valence-corrected chi connectivity index (χ3v) is 18.5. The number of amides is 3. The lowest BCUT2D eigenvalue weighted by molar-refractivity contribution is -0.143. The van der Waals surface area contributed by atoms with Gasteiger partial charge in [0, 0.05) is 197 Å². The van der Waals surface area contributed by atoms with Crippen molar-refractivity contribution in [2.24, 2.45) is 0 Å². The number of carbonyl (C=O) groups excluding carboxylic acids is 11. The van der Waals surface area contributed by atoms with Crippen molar-refractivity contribution in [3.63, 3.8) is 0 Å². The number of carbonyl (C=O) groups is 11. The van der Waals surface area contributed by atoms with E-state index in [2.05, 4.69) is 73.7 Å². The van der Waals surface area contributed by atoms with Gasteiger partial charge in [0.05, 0.1) is 69.4 Å². The number of ether oxygens (including phenoxy) is 5. The monoisotopic (exact) mass is 1920 g/mol. The summed E-state index contributed by atoms with van der Waals surface area (Å²) in [4.78, 5) is 168. The van der Waals surface area contributed by atoms with E-state index in [0.29, 0.717) is 96.0 Å². The maximum atomic E-state index is 12.2. The number of Topliss-reactive ketones (excluding diaryl/α,β-unsaturated/α-hetero) is 2. The zero-order chi connectivity index (χ0) is 102. The predicted molar refractivity (Wildman–Crippen MR) is 530 cm³/mol. The van der Waals surface area contributed by atoms with Crippen molar-refractivity contribution in [3.8, 4) is 0 Å². The Morgan fingerprint density at radius 3 is 1.17 bits per heavy atom. The van der Waals surface area contributed by atoms with Crippen LogP contribution < -0.4 is 5.32 Å². The number of aliphatic hydroxyl groups is 4. The fourth-order valence-electron chi connectivity index (χ4n) is 11.3. The molecule has 0 radical (unpaired) electrons. The smallest absolute Gasteiger partial charge is 0.340 e. The summed E-state index contributed by atoms with van der Waals surface area (Å²) in [7, 11) is 0. The van der Waals surface area contributed by atoms with Gasteiger partial charge in [0.15, 0.2) is 11.6 Å². The molecule has 0 aliphatic heterocycles. The lowest BCUT2D eigenvalue weighted by atomic mass is 10.1. The zero-order valence-electron chi connectivity index (χ0n) is 79.9. The Labute approximate surface area is 822 Å². The molecule has 0 atom stereocenters. The first-order chi connectivity index (χ1) is 68.8. The van der Waals surface area contributed by atoms with E-state index in [9.17, 15) is 52.7 Å². The average Bonchev–Trinajstić information content (AvgIpc) is 0.860. The topological polar surface area (TPSA) is 462 Å². The molecule has 5 N–H and O–H groups in total. The summed E-state index contributed by atoms with van der Waals surface area (Å²) in [6, 6.07) is 61.9. The van der Waals surface area contributed by atoms with Crippen molar-refractivity contribution >= 4 is 64.9 Å². The number of aromatic nitrogens is 10. The maximum absolute atomic E-state index is 12.2. The third-order valence-electron chi connectivity index (χ3n) is 18.5. The van der Waals surface area contributed by atoms with Gasteiger partial charge in [0.1, 0.15) is 13.0 Å². The number of unbranched alkanes of at least 4 members (excludes halogenated alkanes) is 4. The molecule has 0 saturated heterocycles. The molecule has 10 aromatic heterocycles. The highest BCUT2D eigenvalue weighted by atomic mass is 16.5. The molecule has 0 aliphatic carbocycles. The molecule has 0 saturated carbocycles. The molecule has 10 heterocycles. The second-order valence-electron chi connectivity index (χ2n) is 29.1. The molecule has 0 bridgehead atoms. The quantitative estimate of drug-likeness (QED) is 0.00599. The Morgan fingerprint density at radius 1 is 0.319 bits per heavy atom. The van der Waals surface area contributed by atoms with Gasteiger partial charge in [0.2, 0.25) is 5.78 Å². The van der Waals surface area contributed by atoms with Crippen LogP contribution in [0.4, 0.5) is 0 Å². The predicted octanol–water partition coefficient (Wildman–Crippen LogP) is 14.6. The van der Waals surface area contributed by atoms with Gasteiger partial charge in [0.25, 0.3) is 17.7 Å². The van der Waals surface area contributed by atoms with E-state index < -0.39 is 17.7 Å². The minimum Gasteiger partial charge on any atom is -0.466 e. The van der Waals surface area contributed by atoms with E-state index in [0.717, 1.165) is 55.2 Å². The molecule has 0 spiro atoms. The summed E-state index contributed by atoms with van der Waals surface area (Å²) >= 11 is 0. The highest BCUT2D eigenvalue weighted by Gasteiger charge is 2.23. The number of esters is 5. The van der Waals surface area contributed by atoms with Crippen molar-refractivity contribution in [2.45, 2.75) is 112 Å². The van der Waals surface area contributed by atoms with Gasteiger partial charge in [-0.25, -0.2) is 14.4 Å². The number of benzene rings is 3. The molecule has 3 aromatic carbocycles. The van der Waals surface area contributed by atoms with Crippen LogP contribution in [0.3, 0.4) is 0 Å². The van der Waals surface area contributed by atoms with Gasteiger partial charge in [-0.15, -0.1) is 0 Å². The van der Waals surface area contributed by atoms with Crippen molar-refractivity contribution < 1.29 is 96.9 Å². The average molecular weight is 1920 g/mol. The van der Waals surface area contributed by atoms with Crippen LogP contribution in [0.15, 0.2) is 336 Å². The van der Waals surface area contributed by atoms with Gasteiger partial charge < -0.3 is 59.2 Å². The van der Waals surface area contributed by atoms with Crippen LogP contribution >= 0.6 is 0 Å². The van der Waals surface area contributed by atoms with Gasteiger partial charge in [-0.05, 0) is 184 Å². The first kappa shape index (κ1) is 117. The fourth-order valence-corrected chi connectivity index (χ4v) is 11.3. The number of aliphatic hydroxyl groups excluding tert-OH is 4. The van der Waals surface area contributed by atoms with E-state index in [-0.39, 0.29) is 106 Å². The zero-order valence-corrected chi connectivity index (χ0v) is 79.9. The van der Waals surface area contributed by atoms with Crippen LogP contribution in [0.5, 0.6) is 0 Å². The summed E-state index contributed by atoms with van der Waals surface area (Å²) in [5.41, 5.74) is 8.84. The summed E-state index contributed by atoms with van der Waals surface area (Å²) in [5, 5.41) is 37.0. The molecule has 141 heavy (non-hydrogen) atoms. The Balaban J connectivity index is 0.000000328. The van der Waals surface area contributed by atoms with Crippen molar-refractivity contribution in [3.05, 3.63) is 409 Å². The minimum absolute atomic E-state index is 0.0127. The largest absolute Gasteiger partial charge is 0.466 e. The summed E-state index contributed by atoms with van der Waals surface area (Å²) < 4.78 is 24.7. The normalized spacial score (nSPS) is 9.74. The highest BCUT2D eigenvalue weighted by molar-refractivity contribution is 6.42. The summed E-state index contributed by atoms with van der Waals surface area (Å²) in [6.07, 6.45) is 40.3. The standard InChI is InChI=1S/C16H16N2O2.C13H11NO2.C12H17NO2.C12H9NO.C10H14N2O3.C10H11NO3.C10H13NO2.C9H11NO2.C8H10N2O2.C8H11NO/c1-2-18(12-13-8-10-17-11-9-13)16(20)15(19)14-6-4-3-5-7-14;15-13(12-7-4-8-14-9-12)16-10-11-5-2-1-3-6-11;1-2-3-4-5-9-15-12(14)11-7-6-8-13-10-11;14-12(10-5-2-1-3-6-10)11-7-4-8-13-9-11;13-7-5-12(6-8-14)10(15)9-1-3-11-4-2-9;1-2-14-10(13)7-9(12)8-3-5-11-6-4-8;1-2-3-7-13-10(12)9-5-4-6-11-8-9;1-2-12-9(11)7-8-3-5-10-6-4-8;11-6-5-10-8(12)7-1-3-9-4-2-7;10-6-2-4-8-3-1-5-9-7-8/h3-11H,2,12H2,1H3;1-9H,10H2;6-8,10H,2-5,9H2,1H3;1-9H;1-4,13-14H,5-8H2;3-6H,2,7H2,1H3;4-6,8H,2-3,7H2,1H3;3-6H,2,7H2,1H3;1-4,11H,5-6H2,(H,10,12);1,3,5,7,10H,2,4,6H2. The van der Waals surface area contributed by atoms with Crippen LogP contribution in [-0.4, -0.2) is 224 Å². The molecule has 0 fully saturated rings. The van der Waals surface area contributed by atoms with Crippen LogP contribution in [-0.2, 0) is 64.1 Å². The number of ketones is 3. The Morgan fingerprint density at radius 2 is 0.730 bits per heavy atom. The van der Waals surface area contributed by atoms with Crippen LogP contribution in [0.2, 0.25) is 0 Å². The first-order valence-electron chi connectivity index (χ1n) is 45.6. The number of nitrogens with zero attached hydrogens (tertiary/aromatic N) is 12. The first-order valence-corrected chi connectivity index (χ1v) is 45.6. The number of aryl methyl sites for hydroxylation is 1. The number of rotatable bonds is 38. The Bertz CT molecular complexity index is 5510. The minimum atomic E-state index is -0.491. The molecular weight excluding hydrogens is 1800 g/mol. The SMILES string of the molecule is CCCCCCOC(=O)c1cccnc1.CCCCOC(=O)c1cccnc1.CCN(Cc1ccncc1)C(=O)C(=O)c1ccccc1.CCOC(=O)CC(=O)c1ccncc1.CCOC(=O)Cc1ccncc1.O=C(NCCO)c1ccncc1.O=C(OCc1ccccc1)c1cccnc1.O=C(c1ccccc1)c1cccnc1.O=C(c1ccncc1)N(CCO)CCO.OCCCc1cccnc1. The molecule has 0 unspecified atom stereocenters. The molecule has 33 nitrogen and oxygen atoms in total. The highest BCUT2D eigenvalue weighted by Crippen LogP contribution is 2.14. The Hall–Kier alpha value is -16.2. The van der Waals surface area contributed by atoms with Gasteiger partial charge in [-0.1, -0.05) is 137 Å². The van der Waals surface area contributed by atoms with Crippen LogP contribution in [0, 0.1) is 0 Å². The second-order valence-corrected chi connectivity index (χ2v) is 29.1. The molecule has 0 aliphatic rings. The number of hydrogen-bond acceptors (Lipinski definition) is 30. The molecular formula is C108H123N13O20. The van der Waals surface area contributed by atoms with E-state index in [4.69, 9.17) is 39.4 Å². The maximum Gasteiger partial charge on any atom is 0.340 e. The molecule has 13 rings (SSSR count). The number of pyridine rings is 10. The fraction of sp³-hybridized carbons (Fsp3) is 0.269. The Kier molecular flexibility index (Phi) is 63.0. The number of nitrogens with one attached hydrogen (secondary N) is 1. The molecule has 3 amide bonds. The van der Waals surface area contributed by atoms with E-state index in [1.165, 1.54) is 71.6 Å². The van der Waals surface area contributed by atoms with Crippen molar-refractivity contribution in [1.82, 2.24) is 65.0 Å². The van der Waals surface area contributed by atoms with E-state index in [1.807, 2.05) is 92.0 Å². The van der Waals surface area contributed by atoms with Gasteiger partial charge in [-0.2, -0.15) is 0 Å². The molecule has 740 valence electrons. The van der Waals surface area contributed by atoms with Crippen molar-refractivity contribution in [2.75, 3.05) is 79.0 Å². The molecule has 13 aromatic rings. The number of hydrogen-bond donors (Lipinski definition) is 5. The van der Waals surface area contributed by atoms with Crippen molar-refractivity contribution in [1.29, 1.82) is 0 Å². The number of likely N-dealkylation sites (N-methyl/N-ethyl adjacent to an activating group) is 1. The van der Waals surface area contributed by atoms with Crippen LogP contribution in [0.1, 0.15) is 197 Å². The second kappa shape index (κ2) is 75.9. The van der Waals surface area contributed by atoms with Gasteiger partial charge >= 0.3 is 29.8 Å². The molecule has 33 heteroatoms. The van der Waals surface area contributed by atoms with E-state index >= 15 is 0 Å². The lowest BCUT2D eigenvalue weighted by Gasteiger charge is -2.20. The summed E-state index contributed by atoms with van der Waals surface area (Å²) in [6.45, 7) is 13.2. The summed E-state index contributed by atoms with van der Waals surface area (Å²) in [5.74, 6) is -3.18.